The zero-order valence-electron chi connectivity index (χ0n) is 15.9. The lowest BCUT2D eigenvalue weighted by molar-refractivity contribution is -0.384. The van der Waals surface area contributed by atoms with Gasteiger partial charge in [-0.05, 0) is 24.3 Å². The van der Waals surface area contributed by atoms with Crippen molar-refractivity contribution >= 4 is 11.8 Å². The molecule has 10 heteroatoms. The summed E-state index contributed by atoms with van der Waals surface area (Å²) in [4.78, 5) is 26.4. The Hall–Kier alpha value is -3.82. The monoisotopic (exact) mass is 398 g/mol. The quantitative estimate of drug-likeness (QED) is 0.266. The summed E-state index contributed by atoms with van der Waals surface area (Å²) in [5, 5.41) is 18.7. The number of hydrogen-bond acceptors (Lipinski definition) is 9. The summed E-state index contributed by atoms with van der Waals surface area (Å²) in [6.07, 6.45) is 1.31. The number of aromatic nitrogens is 3. The van der Waals surface area contributed by atoms with Crippen LogP contribution in [0.5, 0.6) is 5.75 Å². The van der Waals surface area contributed by atoms with E-state index in [1.54, 1.807) is 24.5 Å². The molecule has 0 radical (unpaired) electrons. The standard InChI is InChI=1S/C19H18N4O6/c1-19(2,3)15(17-22-21-16(29-17)12-5-4-10-20-11-12)28-18(24)27-14-8-6-13(7-9-14)23(25)26/h4-11,15H,1-3H3. The minimum atomic E-state index is -1.00. The van der Waals surface area contributed by atoms with Crippen LogP contribution in [0.2, 0.25) is 0 Å². The SMILES string of the molecule is CC(C)(C)C(OC(=O)Oc1ccc([N+](=O)[O-])cc1)c1nnc(-c2cccnc2)o1. The predicted molar refractivity (Wildman–Crippen MR) is 99.9 cm³/mol. The number of hydrogen-bond donors (Lipinski definition) is 0. The van der Waals surface area contributed by atoms with E-state index in [0.717, 1.165) is 0 Å². The highest BCUT2D eigenvalue weighted by Crippen LogP contribution is 2.36. The van der Waals surface area contributed by atoms with Crippen molar-refractivity contribution in [2.75, 3.05) is 0 Å². The molecule has 0 saturated heterocycles. The second-order valence-corrected chi connectivity index (χ2v) is 7.15. The van der Waals surface area contributed by atoms with Crippen LogP contribution in [-0.4, -0.2) is 26.3 Å². The van der Waals surface area contributed by atoms with Gasteiger partial charge in [-0.3, -0.25) is 15.1 Å². The third-order valence-corrected chi connectivity index (χ3v) is 3.82. The van der Waals surface area contributed by atoms with E-state index in [2.05, 4.69) is 15.2 Å². The van der Waals surface area contributed by atoms with Crippen LogP contribution in [0.4, 0.5) is 10.5 Å². The molecule has 2 heterocycles. The molecule has 0 bridgehead atoms. The molecule has 0 saturated carbocycles. The molecule has 1 aromatic carbocycles. The highest BCUT2D eigenvalue weighted by Gasteiger charge is 2.35. The predicted octanol–water partition coefficient (Wildman–Crippen LogP) is 4.34. The first-order chi connectivity index (χ1) is 13.7. The van der Waals surface area contributed by atoms with Crippen molar-refractivity contribution in [2.45, 2.75) is 26.9 Å². The number of rotatable bonds is 5. The Labute approximate surface area is 165 Å². The Balaban J connectivity index is 1.75. The fourth-order valence-corrected chi connectivity index (χ4v) is 2.40. The molecule has 3 rings (SSSR count). The summed E-state index contributed by atoms with van der Waals surface area (Å²) in [6.45, 7) is 5.51. The number of nitro groups is 1. The van der Waals surface area contributed by atoms with E-state index in [-0.39, 0.29) is 23.2 Å². The Morgan fingerprint density at radius 1 is 1.17 bits per heavy atom. The van der Waals surface area contributed by atoms with Crippen molar-refractivity contribution in [1.82, 2.24) is 15.2 Å². The van der Waals surface area contributed by atoms with Crippen LogP contribution in [0.15, 0.2) is 53.2 Å². The smallest absolute Gasteiger partial charge is 0.420 e. The lowest BCUT2D eigenvalue weighted by atomic mass is 9.89. The van der Waals surface area contributed by atoms with Gasteiger partial charge in [0.15, 0.2) is 6.10 Å². The van der Waals surface area contributed by atoms with Gasteiger partial charge < -0.3 is 13.9 Å². The summed E-state index contributed by atoms with van der Waals surface area (Å²) >= 11 is 0. The Bertz CT molecular complexity index is 996. The molecular weight excluding hydrogens is 380 g/mol. The number of nitro benzene ring substituents is 1. The van der Waals surface area contributed by atoms with Gasteiger partial charge in [-0.25, -0.2) is 4.79 Å². The number of ether oxygens (including phenoxy) is 2. The summed E-state index contributed by atoms with van der Waals surface area (Å²) in [6, 6.07) is 8.56. The summed E-state index contributed by atoms with van der Waals surface area (Å²) in [5.41, 5.74) is -0.0628. The van der Waals surface area contributed by atoms with Crippen LogP contribution in [0.25, 0.3) is 11.5 Å². The molecule has 1 unspecified atom stereocenters. The highest BCUT2D eigenvalue weighted by molar-refractivity contribution is 5.64. The number of benzene rings is 1. The highest BCUT2D eigenvalue weighted by atomic mass is 16.7. The first kappa shape index (κ1) is 19.9. The van der Waals surface area contributed by atoms with Crippen LogP contribution in [0, 0.1) is 15.5 Å². The maximum absolute atomic E-state index is 12.3. The maximum Gasteiger partial charge on any atom is 0.514 e. The van der Waals surface area contributed by atoms with Gasteiger partial charge in [0.1, 0.15) is 5.75 Å². The van der Waals surface area contributed by atoms with Crippen molar-refractivity contribution in [1.29, 1.82) is 0 Å². The Morgan fingerprint density at radius 2 is 1.90 bits per heavy atom. The van der Waals surface area contributed by atoms with Crippen LogP contribution in [-0.2, 0) is 4.74 Å². The molecule has 2 aromatic heterocycles. The zero-order valence-corrected chi connectivity index (χ0v) is 15.9. The second kappa shape index (κ2) is 8.05. The van der Waals surface area contributed by atoms with Gasteiger partial charge in [0.05, 0.1) is 10.5 Å². The molecule has 0 N–H and O–H groups in total. The minimum absolute atomic E-state index is 0.106. The van der Waals surface area contributed by atoms with Crippen molar-refractivity contribution in [3.05, 3.63) is 64.8 Å². The van der Waals surface area contributed by atoms with E-state index in [1.165, 1.54) is 24.3 Å². The molecule has 10 nitrogen and oxygen atoms in total. The summed E-state index contributed by atoms with van der Waals surface area (Å²) < 4.78 is 16.2. The lowest BCUT2D eigenvalue weighted by Gasteiger charge is -2.26. The lowest BCUT2D eigenvalue weighted by Crippen LogP contribution is -2.26. The van der Waals surface area contributed by atoms with E-state index in [1.807, 2.05) is 20.8 Å². The average molecular weight is 398 g/mol. The molecule has 150 valence electrons. The third kappa shape index (κ3) is 4.92. The molecule has 0 aliphatic heterocycles. The van der Waals surface area contributed by atoms with Gasteiger partial charge in [-0.2, -0.15) is 0 Å². The molecule has 0 fully saturated rings. The second-order valence-electron chi connectivity index (χ2n) is 7.15. The molecule has 0 amide bonds. The van der Waals surface area contributed by atoms with E-state index >= 15 is 0 Å². The van der Waals surface area contributed by atoms with Crippen molar-refractivity contribution in [3.8, 4) is 17.2 Å². The van der Waals surface area contributed by atoms with E-state index < -0.39 is 22.6 Å². The van der Waals surface area contributed by atoms with Gasteiger partial charge >= 0.3 is 6.16 Å². The molecule has 1 atom stereocenters. The Kier molecular flexibility index (Phi) is 5.53. The molecular formula is C19H18N4O6. The number of non-ortho nitro benzene ring substituents is 1. The third-order valence-electron chi connectivity index (χ3n) is 3.82. The van der Waals surface area contributed by atoms with E-state index in [4.69, 9.17) is 13.9 Å². The topological polar surface area (TPSA) is 130 Å². The van der Waals surface area contributed by atoms with E-state index in [0.29, 0.717) is 5.56 Å². The largest absolute Gasteiger partial charge is 0.514 e. The van der Waals surface area contributed by atoms with Gasteiger partial charge in [0.2, 0.25) is 5.89 Å². The Morgan fingerprint density at radius 3 is 2.48 bits per heavy atom. The molecule has 3 aromatic rings. The fourth-order valence-electron chi connectivity index (χ4n) is 2.40. The van der Waals surface area contributed by atoms with Crippen LogP contribution < -0.4 is 4.74 Å². The van der Waals surface area contributed by atoms with Crippen molar-refractivity contribution < 1.29 is 23.6 Å². The molecule has 0 aliphatic rings. The first-order valence-corrected chi connectivity index (χ1v) is 8.61. The number of carbonyl (C=O) groups excluding carboxylic acids is 1. The van der Waals surface area contributed by atoms with Gasteiger partial charge in [-0.1, -0.05) is 20.8 Å². The van der Waals surface area contributed by atoms with Gasteiger partial charge in [0, 0.05) is 29.9 Å². The molecule has 0 spiro atoms. The van der Waals surface area contributed by atoms with Crippen LogP contribution >= 0.6 is 0 Å². The fraction of sp³-hybridized carbons (Fsp3) is 0.263. The number of carbonyl (C=O) groups is 1. The molecule has 0 aliphatic carbocycles. The maximum atomic E-state index is 12.3. The van der Waals surface area contributed by atoms with Crippen molar-refractivity contribution in [2.24, 2.45) is 5.41 Å². The molecule has 29 heavy (non-hydrogen) atoms. The number of nitrogens with zero attached hydrogens (tertiary/aromatic N) is 4. The number of pyridine rings is 1. The first-order valence-electron chi connectivity index (χ1n) is 8.61. The minimum Gasteiger partial charge on any atom is -0.420 e. The normalized spacial score (nSPS) is 12.2. The summed E-state index contributed by atoms with van der Waals surface area (Å²) in [7, 11) is 0. The van der Waals surface area contributed by atoms with Crippen LogP contribution in [0.3, 0.4) is 0 Å². The van der Waals surface area contributed by atoms with Crippen LogP contribution in [0.1, 0.15) is 32.8 Å². The van der Waals surface area contributed by atoms with Crippen molar-refractivity contribution in [3.63, 3.8) is 0 Å². The van der Waals surface area contributed by atoms with E-state index in [9.17, 15) is 14.9 Å². The zero-order chi connectivity index (χ0) is 21.0. The van der Waals surface area contributed by atoms with Gasteiger partial charge in [0.25, 0.3) is 11.6 Å². The summed E-state index contributed by atoms with van der Waals surface area (Å²) in [5.74, 6) is 0.460. The van der Waals surface area contributed by atoms with Gasteiger partial charge in [-0.15, -0.1) is 10.2 Å². The average Bonchev–Trinajstić information content (AvgIpc) is 3.16.